The second kappa shape index (κ2) is 8.73. The van der Waals surface area contributed by atoms with Crippen LogP contribution in [0, 0.1) is 16.0 Å². The van der Waals surface area contributed by atoms with E-state index in [1.807, 2.05) is 6.07 Å². The molecule has 0 unspecified atom stereocenters. The fraction of sp³-hybridized carbons (Fsp3) is 0.200. The van der Waals surface area contributed by atoms with Crippen molar-refractivity contribution >= 4 is 28.9 Å². The Kier molecular flexibility index (Phi) is 5.58. The first-order valence-electron chi connectivity index (χ1n) is 10.8. The van der Waals surface area contributed by atoms with Crippen molar-refractivity contribution in [3.8, 4) is 11.5 Å². The molecule has 0 bridgehead atoms. The monoisotopic (exact) mass is 475 g/mol. The van der Waals surface area contributed by atoms with Crippen LogP contribution in [0.1, 0.15) is 11.6 Å². The van der Waals surface area contributed by atoms with Crippen molar-refractivity contribution in [2.24, 2.45) is 5.92 Å². The fourth-order valence-electron chi connectivity index (χ4n) is 4.64. The predicted molar refractivity (Wildman–Crippen MR) is 125 cm³/mol. The number of carbonyl (C=O) groups excluding carboxylic acids is 2. The predicted octanol–water partition coefficient (Wildman–Crippen LogP) is 3.66. The number of anilines is 2. The minimum absolute atomic E-state index is 0.167. The summed E-state index contributed by atoms with van der Waals surface area (Å²) in [5.74, 6) is -1.64. The zero-order valence-corrected chi connectivity index (χ0v) is 18.9. The summed E-state index contributed by atoms with van der Waals surface area (Å²) in [6, 6.07) is 19.1. The van der Waals surface area contributed by atoms with Crippen LogP contribution >= 0.6 is 0 Å². The molecular weight excluding hydrogens is 454 g/mol. The number of ether oxygens (including phenoxy) is 2. The summed E-state index contributed by atoms with van der Waals surface area (Å²) in [6.07, 6.45) is -1.15. The highest BCUT2D eigenvalue weighted by Crippen LogP contribution is 2.51. The summed E-state index contributed by atoms with van der Waals surface area (Å²) < 4.78 is 10.6. The summed E-state index contributed by atoms with van der Waals surface area (Å²) in [5.41, 5.74) is 0.839. The number of nitrogens with zero attached hydrogens (tertiary/aromatic N) is 3. The van der Waals surface area contributed by atoms with Crippen LogP contribution in [-0.2, 0) is 14.4 Å². The van der Waals surface area contributed by atoms with Crippen LogP contribution in [0.25, 0.3) is 0 Å². The zero-order valence-electron chi connectivity index (χ0n) is 18.9. The first kappa shape index (κ1) is 22.4. The number of para-hydroxylation sites is 2. The van der Waals surface area contributed by atoms with E-state index in [4.69, 9.17) is 14.3 Å². The SMILES string of the molecule is COc1cc([C@@H]2[C@H]3C(=O)N(c4ccccc4)C(=O)[C@@H]3ON2c2ccccc2)c([N+](=O)[O-])cc1OC. The number of hydrogen-bond acceptors (Lipinski definition) is 8. The first-order chi connectivity index (χ1) is 17.0. The molecule has 10 heteroatoms. The first-order valence-corrected chi connectivity index (χ1v) is 10.8. The Balaban J connectivity index is 1.69. The van der Waals surface area contributed by atoms with Gasteiger partial charge in [0.25, 0.3) is 11.6 Å². The molecule has 0 saturated carbocycles. The number of amides is 2. The van der Waals surface area contributed by atoms with Gasteiger partial charge in [0.05, 0.1) is 42.1 Å². The van der Waals surface area contributed by atoms with Gasteiger partial charge in [0.1, 0.15) is 12.0 Å². The van der Waals surface area contributed by atoms with Crippen molar-refractivity contribution in [3.63, 3.8) is 0 Å². The maximum absolute atomic E-state index is 13.7. The van der Waals surface area contributed by atoms with Crippen LogP contribution in [0.5, 0.6) is 11.5 Å². The van der Waals surface area contributed by atoms with E-state index in [0.717, 1.165) is 4.90 Å². The number of nitro benzene ring substituents is 1. The second-order valence-corrected chi connectivity index (χ2v) is 8.03. The quantitative estimate of drug-likeness (QED) is 0.302. The van der Waals surface area contributed by atoms with Crippen LogP contribution in [0.3, 0.4) is 0 Å². The van der Waals surface area contributed by atoms with Crippen molar-refractivity contribution in [1.29, 1.82) is 0 Å². The van der Waals surface area contributed by atoms with Gasteiger partial charge in [-0.25, -0.2) is 9.96 Å². The van der Waals surface area contributed by atoms with Gasteiger partial charge in [-0.1, -0.05) is 36.4 Å². The highest BCUT2D eigenvalue weighted by molar-refractivity contribution is 6.24. The number of carbonyl (C=O) groups is 2. The number of rotatable bonds is 6. The molecule has 35 heavy (non-hydrogen) atoms. The topological polar surface area (TPSA) is 111 Å². The Bertz CT molecular complexity index is 1300. The molecule has 3 atom stereocenters. The standard InChI is InChI=1S/C25H21N3O7/c1-33-19-13-17(18(28(31)32)14-20(19)34-2)22-21-23(35-27(22)16-11-7-4-8-12-16)25(30)26(24(21)29)15-9-5-3-6-10-15/h3-14,21-23H,1-2H3/t21-,22-,23-/m1/s1. The maximum atomic E-state index is 13.7. The lowest BCUT2D eigenvalue weighted by Crippen LogP contribution is -2.37. The second-order valence-electron chi connectivity index (χ2n) is 8.03. The average molecular weight is 475 g/mol. The minimum atomic E-state index is -1.15. The van der Waals surface area contributed by atoms with E-state index in [1.54, 1.807) is 54.6 Å². The van der Waals surface area contributed by atoms with Gasteiger partial charge < -0.3 is 9.47 Å². The molecule has 5 rings (SSSR count). The fourth-order valence-corrected chi connectivity index (χ4v) is 4.64. The molecule has 178 valence electrons. The molecule has 0 N–H and O–H groups in total. The molecule has 2 heterocycles. The van der Waals surface area contributed by atoms with E-state index < -0.39 is 34.8 Å². The van der Waals surface area contributed by atoms with Crippen LogP contribution in [0.4, 0.5) is 17.1 Å². The van der Waals surface area contributed by atoms with Gasteiger partial charge >= 0.3 is 0 Å². The van der Waals surface area contributed by atoms with E-state index in [1.165, 1.54) is 31.4 Å². The van der Waals surface area contributed by atoms with Crippen LogP contribution in [0.15, 0.2) is 72.8 Å². The van der Waals surface area contributed by atoms with Crippen LogP contribution in [-0.4, -0.2) is 37.1 Å². The number of hydrogen-bond donors (Lipinski definition) is 0. The Morgan fingerprint density at radius 1 is 0.857 bits per heavy atom. The van der Waals surface area contributed by atoms with E-state index in [2.05, 4.69) is 0 Å². The van der Waals surface area contributed by atoms with E-state index in [0.29, 0.717) is 11.4 Å². The molecule has 0 aromatic heterocycles. The lowest BCUT2D eigenvalue weighted by molar-refractivity contribution is -0.385. The van der Waals surface area contributed by atoms with Crippen molar-refractivity contribution in [2.45, 2.75) is 12.1 Å². The van der Waals surface area contributed by atoms with E-state index in [-0.39, 0.29) is 22.7 Å². The Morgan fingerprint density at radius 3 is 2.00 bits per heavy atom. The summed E-state index contributed by atoms with van der Waals surface area (Å²) in [4.78, 5) is 45.8. The molecule has 2 fully saturated rings. The maximum Gasteiger partial charge on any atom is 0.278 e. The Morgan fingerprint density at radius 2 is 1.43 bits per heavy atom. The third-order valence-corrected chi connectivity index (χ3v) is 6.19. The Labute approximate surface area is 200 Å². The third-order valence-electron chi connectivity index (χ3n) is 6.19. The highest BCUT2D eigenvalue weighted by Gasteiger charge is 2.61. The third kappa shape index (κ3) is 3.55. The number of fused-ring (bicyclic) bond motifs is 1. The van der Waals surface area contributed by atoms with Gasteiger partial charge in [-0.3, -0.25) is 24.5 Å². The highest BCUT2D eigenvalue weighted by atomic mass is 16.7. The summed E-state index contributed by atoms with van der Waals surface area (Å²) in [7, 11) is 2.79. The molecule has 0 spiro atoms. The molecular formula is C25H21N3O7. The lowest BCUT2D eigenvalue weighted by Gasteiger charge is -2.28. The van der Waals surface area contributed by atoms with Gasteiger partial charge in [0, 0.05) is 0 Å². The van der Waals surface area contributed by atoms with Gasteiger partial charge in [-0.05, 0) is 30.3 Å². The molecule has 2 amide bonds. The molecule has 3 aromatic carbocycles. The van der Waals surface area contributed by atoms with Gasteiger partial charge in [-0.15, -0.1) is 0 Å². The van der Waals surface area contributed by atoms with E-state index >= 15 is 0 Å². The van der Waals surface area contributed by atoms with Gasteiger partial charge in [0.15, 0.2) is 17.6 Å². The van der Waals surface area contributed by atoms with Crippen molar-refractivity contribution in [3.05, 3.63) is 88.5 Å². The van der Waals surface area contributed by atoms with Crippen LogP contribution < -0.4 is 19.4 Å². The number of benzene rings is 3. The zero-order chi connectivity index (χ0) is 24.7. The van der Waals surface area contributed by atoms with E-state index in [9.17, 15) is 19.7 Å². The molecule has 0 aliphatic carbocycles. The van der Waals surface area contributed by atoms with Gasteiger partial charge in [-0.2, -0.15) is 0 Å². The number of methoxy groups -OCH3 is 2. The number of imide groups is 1. The van der Waals surface area contributed by atoms with Gasteiger partial charge in [0.2, 0.25) is 5.91 Å². The number of nitro groups is 1. The molecule has 2 saturated heterocycles. The minimum Gasteiger partial charge on any atom is -0.493 e. The molecule has 10 nitrogen and oxygen atoms in total. The summed E-state index contributed by atoms with van der Waals surface area (Å²) in [5, 5.41) is 13.5. The molecule has 2 aliphatic heterocycles. The lowest BCUT2D eigenvalue weighted by atomic mass is 9.89. The van der Waals surface area contributed by atoms with Crippen molar-refractivity contribution < 1.29 is 28.8 Å². The summed E-state index contributed by atoms with van der Waals surface area (Å²) in [6.45, 7) is 0. The van der Waals surface area contributed by atoms with Crippen molar-refractivity contribution in [1.82, 2.24) is 0 Å². The number of hydroxylamine groups is 1. The average Bonchev–Trinajstić information content (AvgIpc) is 3.39. The van der Waals surface area contributed by atoms with Crippen molar-refractivity contribution in [2.75, 3.05) is 24.2 Å². The molecule has 3 aromatic rings. The summed E-state index contributed by atoms with van der Waals surface area (Å²) >= 11 is 0. The largest absolute Gasteiger partial charge is 0.493 e. The Hall–Kier alpha value is -4.44. The smallest absolute Gasteiger partial charge is 0.278 e. The van der Waals surface area contributed by atoms with Crippen LogP contribution in [0.2, 0.25) is 0 Å². The molecule has 2 aliphatic rings. The molecule has 0 radical (unpaired) electrons. The normalized spacial score (nSPS) is 21.3.